The number of sulfonamides is 1. The summed E-state index contributed by atoms with van der Waals surface area (Å²) in [7, 11) is -3.76. The molecule has 0 aromatic heterocycles. The predicted molar refractivity (Wildman–Crippen MR) is 113 cm³/mol. The van der Waals surface area contributed by atoms with Crippen molar-refractivity contribution in [2.45, 2.75) is 75.1 Å². The molecule has 6 nitrogen and oxygen atoms in total. The molecule has 1 saturated carbocycles. The van der Waals surface area contributed by atoms with Crippen molar-refractivity contribution in [3.8, 4) is 0 Å². The molecule has 1 aromatic rings. The summed E-state index contributed by atoms with van der Waals surface area (Å²) in [5, 5.41) is 0. The molecule has 4 aliphatic rings. The molecule has 1 aromatic carbocycles. The Hall–Kier alpha value is -1.89. The molecule has 29 heavy (non-hydrogen) atoms. The van der Waals surface area contributed by atoms with Gasteiger partial charge in [0, 0.05) is 31.1 Å². The number of likely N-dealkylation sites (tertiary alicyclic amines) is 1. The predicted octanol–water partition coefficient (Wildman–Crippen LogP) is 3.96. The molecule has 0 N–H and O–H groups in total. The summed E-state index contributed by atoms with van der Waals surface area (Å²) in [4.78, 5) is 17.6. The number of anilines is 1. The van der Waals surface area contributed by atoms with Gasteiger partial charge in [-0.15, -0.1) is 4.40 Å². The third-order valence-electron chi connectivity index (χ3n) is 7.10. The molecule has 0 spiro atoms. The zero-order valence-corrected chi connectivity index (χ0v) is 17.7. The fraction of sp³-hybridized carbons (Fsp3) is 0.636. The van der Waals surface area contributed by atoms with Crippen LogP contribution >= 0.6 is 0 Å². The summed E-state index contributed by atoms with van der Waals surface area (Å²) >= 11 is 0. The summed E-state index contributed by atoms with van der Waals surface area (Å²) < 4.78 is 29.9. The zero-order chi connectivity index (χ0) is 20.0. The maximum absolute atomic E-state index is 13.4. The van der Waals surface area contributed by atoms with E-state index < -0.39 is 10.0 Å². The zero-order valence-electron chi connectivity index (χ0n) is 16.8. The molecule has 1 aliphatic carbocycles. The molecule has 3 aliphatic heterocycles. The number of amidine groups is 1. The lowest BCUT2D eigenvalue weighted by Crippen LogP contribution is -2.49. The van der Waals surface area contributed by atoms with Crippen molar-refractivity contribution in [1.29, 1.82) is 0 Å². The second-order valence-corrected chi connectivity index (χ2v) is 10.5. The monoisotopic (exact) mass is 415 g/mol. The van der Waals surface area contributed by atoms with Gasteiger partial charge in [0.05, 0.1) is 5.69 Å². The second-order valence-electron chi connectivity index (χ2n) is 8.88. The minimum atomic E-state index is -3.76. The summed E-state index contributed by atoms with van der Waals surface area (Å²) in [6.45, 7) is 1.56. The summed E-state index contributed by atoms with van der Waals surface area (Å²) in [6.07, 6.45) is 10.7. The number of fused-ring (bicyclic) bond motifs is 4. The first-order valence-electron chi connectivity index (χ1n) is 11.1. The van der Waals surface area contributed by atoms with Crippen LogP contribution in [0.1, 0.15) is 74.6 Å². The van der Waals surface area contributed by atoms with Crippen LogP contribution in [0.3, 0.4) is 0 Å². The van der Waals surface area contributed by atoms with E-state index in [1.54, 1.807) is 6.07 Å². The van der Waals surface area contributed by atoms with Gasteiger partial charge in [0.25, 0.3) is 15.9 Å². The largest absolute Gasteiger partial charge is 0.335 e. The second kappa shape index (κ2) is 7.42. The van der Waals surface area contributed by atoms with Crippen molar-refractivity contribution in [2.24, 2.45) is 10.3 Å². The molecular weight excluding hydrogens is 386 g/mol. The molecule has 1 amide bonds. The van der Waals surface area contributed by atoms with E-state index >= 15 is 0 Å². The lowest BCUT2D eigenvalue weighted by molar-refractivity contribution is 0.0390. The Bertz CT molecular complexity index is 954. The first-order chi connectivity index (χ1) is 14.0. The molecule has 0 unspecified atom stereocenters. The van der Waals surface area contributed by atoms with Gasteiger partial charge in [-0.25, -0.2) is 0 Å². The van der Waals surface area contributed by atoms with Crippen LogP contribution in [0.2, 0.25) is 0 Å². The molecule has 2 atom stereocenters. The Morgan fingerprint density at radius 1 is 0.966 bits per heavy atom. The number of carbonyl (C=O) groups excluding carboxylic acids is 1. The average Bonchev–Trinajstić information content (AvgIpc) is 2.97. The third kappa shape index (κ3) is 3.37. The van der Waals surface area contributed by atoms with Crippen LogP contribution in [0, 0.1) is 5.92 Å². The van der Waals surface area contributed by atoms with Gasteiger partial charge in [-0.3, -0.25) is 4.79 Å². The van der Waals surface area contributed by atoms with Gasteiger partial charge < -0.3 is 9.80 Å². The van der Waals surface area contributed by atoms with E-state index in [2.05, 4.69) is 4.40 Å². The molecule has 7 heteroatoms. The molecule has 156 valence electrons. The first kappa shape index (κ1) is 19.1. The maximum atomic E-state index is 13.4. The van der Waals surface area contributed by atoms with Gasteiger partial charge in [-0.2, -0.15) is 8.42 Å². The van der Waals surface area contributed by atoms with Crippen molar-refractivity contribution >= 4 is 27.5 Å². The van der Waals surface area contributed by atoms with Crippen molar-refractivity contribution in [1.82, 2.24) is 4.90 Å². The molecule has 2 saturated heterocycles. The lowest BCUT2D eigenvalue weighted by atomic mass is 9.78. The van der Waals surface area contributed by atoms with Gasteiger partial charge in [0.2, 0.25) is 0 Å². The van der Waals surface area contributed by atoms with Gasteiger partial charge >= 0.3 is 0 Å². The Labute approximate surface area is 173 Å². The first-order valence-corrected chi connectivity index (χ1v) is 12.5. The Balaban J connectivity index is 1.49. The van der Waals surface area contributed by atoms with Crippen molar-refractivity contribution in [3.63, 3.8) is 0 Å². The summed E-state index contributed by atoms with van der Waals surface area (Å²) in [5.74, 6) is 1.23. The van der Waals surface area contributed by atoms with Crippen LogP contribution in [-0.4, -0.2) is 44.2 Å². The van der Waals surface area contributed by atoms with Crippen molar-refractivity contribution in [2.75, 3.05) is 18.0 Å². The maximum Gasteiger partial charge on any atom is 0.286 e. The highest BCUT2D eigenvalue weighted by Gasteiger charge is 2.37. The SMILES string of the molecule is O=C(c1ccc2c(c1)S(=O)(=O)N=C1CCCCCN12)N1CCC[C@H]2CCCC[C@H]21. The van der Waals surface area contributed by atoms with Gasteiger partial charge in [0.15, 0.2) is 0 Å². The van der Waals surface area contributed by atoms with E-state index in [1.165, 1.54) is 25.7 Å². The van der Waals surface area contributed by atoms with Crippen LogP contribution in [0.25, 0.3) is 0 Å². The summed E-state index contributed by atoms with van der Waals surface area (Å²) in [5.41, 5.74) is 1.16. The van der Waals surface area contributed by atoms with E-state index in [0.717, 1.165) is 45.2 Å². The molecule has 0 bridgehead atoms. The quantitative estimate of drug-likeness (QED) is 0.696. The fourth-order valence-electron chi connectivity index (χ4n) is 5.66. The van der Waals surface area contributed by atoms with Crippen molar-refractivity contribution in [3.05, 3.63) is 23.8 Å². The standard InChI is InChI=1S/C22H29N3O3S/c26-22(25-14-6-8-16-7-3-4-9-18(16)25)17-11-12-19-20(15-17)29(27,28)23-21-10-2-1-5-13-24(19)21/h11-12,15-16,18H,1-10,13-14H2/t16-,18-/m1/s1. The number of carbonyl (C=O) groups is 1. The normalized spacial score (nSPS) is 28.5. The highest BCUT2D eigenvalue weighted by Crippen LogP contribution is 2.38. The van der Waals surface area contributed by atoms with Crippen LogP contribution in [0.15, 0.2) is 27.5 Å². The fourth-order valence-corrected chi connectivity index (χ4v) is 6.94. The van der Waals surface area contributed by atoms with E-state index in [1.807, 2.05) is 21.9 Å². The molecule has 3 fully saturated rings. The Kier molecular flexibility index (Phi) is 4.88. The Morgan fingerprint density at radius 2 is 1.79 bits per heavy atom. The van der Waals surface area contributed by atoms with Crippen LogP contribution < -0.4 is 4.90 Å². The number of nitrogens with zero attached hydrogens (tertiary/aromatic N) is 3. The number of piperidine rings is 1. The highest BCUT2D eigenvalue weighted by atomic mass is 32.2. The minimum Gasteiger partial charge on any atom is -0.335 e. The minimum absolute atomic E-state index is 0.0229. The number of hydrogen-bond donors (Lipinski definition) is 0. The number of amides is 1. The smallest absolute Gasteiger partial charge is 0.286 e. The number of hydrogen-bond acceptors (Lipinski definition) is 4. The van der Waals surface area contributed by atoms with Crippen LogP contribution in [0.4, 0.5) is 5.69 Å². The lowest BCUT2D eigenvalue weighted by Gasteiger charge is -2.44. The van der Waals surface area contributed by atoms with Crippen LogP contribution in [0.5, 0.6) is 0 Å². The molecule has 5 rings (SSSR count). The average molecular weight is 416 g/mol. The topological polar surface area (TPSA) is 70.0 Å². The van der Waals surface area contributed by atoms with Crippen molar-refractivity contribution < 1.29 is 13.2 Å². The third-order valence-corrected chi connectivity index (χ3v) is 8.43. The van der Waals surface area contributed by atoms with E-state index in [0.29, 0.717) is 35.5 Å². The van der Waals surface area contributed by atoms with Gasteiger partial charge in [-0.1, -0.05) is 19.3 Å². The van der Waals surface area contributed by atoms with E-state index in [-0.39, 0.29) is 10.8 Å². The molecule has 3 heterocycles. The summed E-state index contributed by atoms with van der Waals surface area (Å²) in [6, 6.07) is 5.53. The highest BCUT2D eigenvalue weighted by molar-refractivity contribution is 7.90. The number of benzene rings is 1. The van der Waals surface area contributed by atoms with Crippen LogP contribution in [-0.2, 0) is 10.0 Å². The number of rotatable bonds is 1. The molecular formula is C22H29N3O3S. The Morgan fingerprint density at radius 3 is 2.69 bits per heavy atom. The van der Waals surface area contributed by atoms with E-state index in [4.69, 9.17) is 0 Å². The van der Waals surface area contributed by atoms with E-state index in [9.17, 15) is 13.2 Å². The van der Waals surface area contributed by atoms with Gasteiger partial charge in [-0.05, 0) is 62.6 Å². The molecule has 0 radical (unpaired) electrons. The van der Waals surface area contributed by atoms with Gasteiger partial charge in [0.1, 0.15) is 10.7 Å².